The third kappa shape index (κ3) is 1.52. The molecule has 0 radical (unpaired) electrons. The van der Waals surface area contributed by atoms with E-state index in [0.717, 1.165) is 22.6 Å². The largest absolute Gasteiger partial charge is 0.382 e. The van der Waals surface area contributed by atoms with Crippen LogP contribution in [0.25, 0.3) is 22.6 Å². The number of imidazole rings is 1. The molecule has 17 heavy (non-hydrogen) atoms. The van der Waals surface area contributed by atoms with Crippen LogP contribution in [0.1, 0.15) is 0 Å². The third-order valence-electron chi connectivity index (χ3n) is 2.70. The molecule has 2 aromatic heterocycles. The molecular weight excluding hydrogens is 214 g/mol. The van der Waals surface area contributed by atoms with Crippen molar-refractivity contribution in [1.29, 1.82) is 0 Å². The second kappa shape index (κ2) is 3.55. The average molecular weight is 225 g/mol. The summed E-state index contributed by atoms with van der Waals surface area (Å²) in [4.78, 5) is 4.53. The lowest BCUT2D eigenvalue weighted by atomic mass is 10.3. The average Bonchev–Trinajstić information content (AvgIpc) is 2.69. The molecule has 84 valence electrons. The first-order chi connectivity index (χ1) is 8.25. The Kier molecular flexibility index (Phi) is 2.04. The molecule has 0 saturated carbocycles. The van der Waals surface area contributed by atoms with Crippen LogP contribution in [0.15, 0.2) is 36.4 Å². The van der Waals surface area contributed by atoms with Gasteiger partial charge in [-0.25, -0.2) is 4.98 Å². The number of para-hydroxylation sites is 2. The van der Waals surface area contributed by atoms with Gasteiger partial charge in [0.15, 0.2) is 5.82 Å². The maximum atomic E-state index is 5.52. The number of hydrogen-bond acceptors (Lipinski definition) is 4. The van der Waals surface area contributed by atoms with Crippen LogP contribution in [0, 0.1) is 0 Å². The molecule has 3 aromatic rings. The molecule has 0 aliphatic rings. The molecule has 0 atom stereocenters. The molecule has 0 saturated heterocycles. The van der Waals surface area contributed by atoms with Crippen LogP contribution in [-0.2, 0) is 7.05 Å². The summed E-state index contributed by atoms with van der Waals surface area (Å²) in [5.74, 6) is 1.20. The lowest BCUT2D eigenvalue weighted by Gasteiger charge is -2.00. The number of anilines is 1. The summed E-state index contributed by atoms with van der Waals surface area (Å²) in [6.45, 7) is 0. The Labute approximate surface area is 97.9 Å². The summed E-state index contributed by atoms with van der Waals surface area (Å²) in [7, 11) is 1.96. The normalized spacial score (nSPS) is 10.9. The third-order valence-corrected chi connectivity index (χ3v) is 2.70. The van der Waals surface area contributed by atoms with E-state index in [1.165, 1.54) is 0 Å². The van der Waals surface area contributed by atoms with Crippen LogP contribution in [0.4, 0.5) is 5.82 Å². The highest BCUT2D eigenvalue weighted by atomic mass is 15.2. The number of nitrogens with two attached hydrogens (primary N) is 1. The van der Waals surface area contributed by atoms with E-state index in [-0.39, 0.29) is 0 Å². The Morgan fingerprint density at radius 3 is 2.59 bits per heavy atom. The molecule has 2 heterocycles. The van der Waals surface area contributed by atoms with E-state index >= 15 is 0 Å². The first-order valence-electron chi connectivity index (χ1n) is 5.27. The van der Waals surface area contributed by atoms with Gasteiger partial charge in [0.25, 0.3) is 0 Å². The van der Waals surface area contributed by atoms with Crippen molar-refractivity contribution in [2.75, 3.05) is 5.73 Å². The van der Waals surface area contributed by atoms with Crippen LogP contribution >= 0.6 is 0 Å². The SMILES string of the molecule is Cn1c(-c2ccc(N)nn2)nc2ccccc21. The van der Waals surface area contributed by atoms with Crippen molar-refractivity contribution in [3.8, 4) is 11.5 Å². The van der Waals surface area contributed by atoms with E-state index < -0.39 is 0 Å². The van der Waals surface area contributed by atoms with Crippen LogP contribution in [0.3, 0.4) is 0 Å². The summed E-state index contributed by atoms with van der Waals surface area (Å²) in [6.07, 6.45) is 0. The highest BCUT2D eigenvalue weighted by molar-refractivity contribution is 5.79. The minimum absolute atomic E-state index is 0.410. The number of fused-ring (bicyclic) bond motifs is 1. The van der Waals surface area contributed by atoms with E-state index in [1.54, 1.807) is 6.07 Å². The van der Waals surface area contributed by atoms with Gasteiger partial charge in [0.05, 0.1) is 11.0 Å². The van der Waals surface area contributed by atoms with E-state index in [1.807, 2.05) is 41.9 Å². The molecule has 3 rings (SSSR count). The van der Waals surface area contributed by atoms with Gasteiger partial charge < -0.3 is 10.3 Å². The van der Waals surface area contributed by atoms with Crippen LogP contribution < -0.4 is 5.73 Å². The summed E-state index contributed by atoms with van der Waals surface area (Å²) in [5.41, 5.74) is 8.26. The molecule has 0 amide bonds. The fourth-order valence-corrected chi connectivity index (χ4v) is 1.84. The molecular formula is C12H11N5. The van der Waals surface area contributed by atoms with Crippen molar-refractivity contribution < 1.29 is 0 Å². The summed E-state index contributed by atoms with van der Waals surface area (Å²) < 4.78 is 2.00. The number of nitrogen functional groups attached to an aromatic ring is 1. The Balaban J connectivity index is 2.24. The van der Waals surface area contributed by atoms with Gasteiger partial charge in [-0.3, -0.25) is 0 Å². The number of aromatic nitrogens is 4. The van der Waals surface area contributed by atoms with Gasteiger partial charge >= 0.3 is 0 Å². The van der Waals surface area contributed by atoms with Gasteiger partial charge in [-0.05, 0) is 24.3 Å². The predicted octanol–water partition coefficient (Wildman–Crippen LogP) is 1.61. The van der Waals surface area contributed by atoms with Gasteiger partial charge in [-0.1, -0.05) is 12.1 Å². The molecule has 2 N–H and O–H groups in total. The Hall–Kier alpha value is -2.43. The summed E-state index contributed by atoms with van der Waals surface area (Å²) >= 11 is 0. The lowest BCUT2D eigenvalue weighted by Crippen LogP contribution is -1.98. The maximum Gasteiger partial charge on any atom is 0.161 e. The highest BCUT2D eigenvalue weighted by Gasteiger charge is 2.10. The zero-order valence-electron chi connectivity index (χ0n) is 9.33. The topological polar surface area (TPSA) is 69.6 Å². The number of nitrogens with zero attached hydrogens (tertiary/aromatic N) is 4. The molecule has 1 aromatic carbocycles. The zero-order valence-corrected chi connectivity index (χ0v) is 9.33. The lowest BCUT2D eigenvalue weighted by molar-refractivity contribution is 0.932. The summed E-state index contributed by atoms with van der Waals surface area (Å²) in [6, 6.07) is 11.5. The molecule has 0 fully saturated rings. The molecule has 0 spiro atoms. The van der Waals surface area contributed by atoms with E-state index in [9.17, 15) is 0 Å². The van der Waals surface area contributed by atoms with Crippen molar-refractivity contribution in [1.82, 2.24) is 19.7 Å². The highest BCUT2D eigenvalue weighted by Crippen LogP contribution is 2.21. The number of rotatable bonds is 1. The van der Waals surface area contributed by atoms with E-state index in [4.69, 9.17) is 5.73 Å². The molecule has 5 nitrogen and oxygen atoms in total. The first kappa shape index (κ1) is 9.77. The second-order valence-electron chi connectivity index (χ2n) is 3.83. The van der Waals surface area contributed by atoms with Crippen LogP contribution in [-0.4, -0.2) is 19.7 Å². The molecule has 5 heteroatoms. The smallest absolute Gasteiger partial charge is 0.161 e. The first-order valence-corrected chi connectivity index (χ1v) is 5.27. The van der Waals surface area contributed by atoms with Crippen molar-refractivity contribution in [2.24, 2.45) is 7.05 Å². The van der Waals surface area contributed by atoms with Crippen LogP contribution in [0.5, 0.6) is 0 Å². The van der Waals surface area contributed by atoms with Gasteiger partial charge in [0, 0.05) is 7.05 Å². The molecule has 0 unspecified atom stereocenters. The van der Waals surface area contributed by atoms with Crippen molar-refractivity contribution in [3.05, 3.63) is 36.4 Å². The predicted molar refractivity (Wildman–Crippen MR) is 66.2 cm³/mol. The van der Waals surface area contributed by atoms with Crippen LogP contribution in [0.2, 0.25) is 0 Å². The Bertz CT molecular complexity index is 669. The number of aryl methyl sites for hydroxylation is 1. The quantitative estimate of drug-likeness (QED) is 0.683. The standard InChI is InChI=1S/C12H11N5/c1-17-10-5-3-2-4-8(10)14-12(17)9-6-7-11(13)16-15-9/h2-7H,1H3,(H2,13,16). The fraction of sp³-hybridized carbons (Fsp3) is 0.0833. The Morgan fingerprint density at radius 1 is 1.06 bits per heavy atom. The number of benzene rings is 1. The maximum absolute atomic E-state index is 5.52. The molecule has 0 bridgehead atoms. The zero-order chi connectivity index (χ0) is 11.8. The minimum atomic E-state index is 0.410. The van der Waals surface area contributed by atoms with Crippen molar-refractivity contribution in [3.63, 3.8) is 0 Å². The summed E-state index contributed by atoms with van der Waals surface area (Å²) in [5, 5.41) is 7.89. The van der Waals surface area contributed by atoms with Gasteiger partial charge in [-0.2, -0.15) is 0 Å². The van der Waals surface area contributed by atoms with Gasteiger partial charge in [0.1, 0.15) is 11.5 Å². The monoisotopic (exact) mass is 225 g/mol. The van der Waals surface area contributed by atoms with E-state index in [0.29, 0.717) is 5.82 Å². The minimum Gasteiger partial charge on any atom is -0.382 e. The number of hydrogen-bond donors (Lipinski definition) is 1. The van der Waals surface area contributed by atoms with Crippen molar-refractivity contribution in [2.45, 2.75) is 0 Å². The molecule has 0 aliphatic carbocycles. The van der Waals surface area contributed by atoms with Crippen molar-refractivity contribution >= 4 is 16.9 Å². The van der Waals surface area contributed by atoms with Gasteiger partial charge in [-0.15, -0.1) is 10.2 Å². The van der Waals surface area contributed by atoms with E-state index in [2.05, 4.69) is 15.2 Å². The second-order valence-corrected chi connectivity index (χ2v) is 3.83. The molecule has 0 aliphatic heterocycles. The van der Waals surface area contributed by atoms with Gasteiger partial charge in [0.2, 0.25) is 0 Å². The Morgan fingerprint density at radius 2 is 1.88 bits per heavy atom. The fourth-order valence-electron chi connectivity index (χ4n) is 1.84.